The smallest absolute Gasteiger partial charge is 0.163 e. The van der Waals surface area contributed by atoms with E-state index in [-0.39, 0.29) is 0 Å². The average Bonchev–Trinajstić information content (AvgIpc) is 2.47. The standard InChI is InChI=1S/C15H19IN4/c1-4-7-18-15-13(16)12(5-2)19-14(20-15)11-9-17-8-6-10(11)3/h6,8-9H,4-5,7H2,1-3H3,(H,18,19,20). The van der Waals surface area contributed by atoms with Gasteiger partial charge in [-0.3, -0.25) is 4.98 Å². The summed E-state index contributed by atoms with van der Waals surface area (Å²) < 4.78 is 1.11. The van der Waals surface area contributed by atoms with Crippen LogP contribution in [0.5, 0.6) is 0 Å². The Labute approximate surface area is 133 Å². The Balaban J connectivity index is 2.51. The summed E-state index contributed by atoms with van der Waals surface area (Å²) in [5, 5.41) is 3.39. The summed E-state index contributed by atoms with van der Waals surface area (Å²) in [7, 11) is 0. The summed E-state index contributed by atoms with van der Waals surface area (Å²) in [6.45, 7) is 7.24. The normalized spacial score (nSPS) is 10.6. The van der Waals surface area contributed by atoms with Crippen LogP contribution in [0.15, 0.2) is 18.5 Å². The first-order chi connectivity index (χ1) is 9.67. The largest absolute Gasteiger partial charge is 0.369 e. The van der Waals surface area contributed by atoms with Gasteiger partial charge in [0, 0.05) is 24.5 Å². The summed E-state index contributed by atoms with van der Waals surface area (Å²) in [6, 6.07) is 1.99. The van der Waals surface area contributed by atoms with E-state index in [1.807, 2.05) is 12.3 Å². The highest BCUT2D eigenvalue weighted by Crippen LogP contribution is 2.25. The second-order valence-electron chi connectivity index (χ2n) is 4.63. The van der Waals surface area contributed by atoms with Crippen LogP contribution in [0.3, 0.4) is 0 Å². The molecule has 0 spiro atoms. The van der Waals surface area contributed by atoms with Crippen molar-refractivity contribution >= 4 is 28.4 Å². The lowest BCUT2D eigenvalue weighted by atomic mass is 10.1. The molecule has 0 bridgehead atoms. The van der Waals surface area contributed by atoms with Gasteiger partial charge in [-0.1, -0.05) is 13.8 Å². The number of hydrogen-bond donors (Lipinski definition) is 1. The van der Waals surface area contributed by atoms with E-state index in [0.29, 0.717) is 0 Å². The molecule has 0 atom stereocenters. The van der Waals surface area contributed by atoms with E-state index in [4.69, 9.17) is 4.98 Å². The van der Waals surface area contributed by atoms with Crippen LogP contribution in [0.2, 0.25) is 0 Å². The van der Waals surface area contributed by atoms with Crippen LogP contribution in [0.1, 0.15) is 31.5 Å². The molecule has 20 heavy (non-hydrogen) atoms. The van der Waals surface area contributed by atoms with Crippen LogP contribution in [-0.2, 0) is 6.42 Å². The Kier molecular flexibility index (Phi) is 5.28. The summed E-state index contributed by atoms with van der Waals surface area (Å²) in [5.74, 6) is 1.68. The molecule has 0 aliphatic rings. The van der Waals surface area contributed by atoms with E-state index in [0.717, 1.165) is 51.4 Å². The third kappa shape index (κ3) is 3.26. The van der Waals surface area contributed by atoms with Crippen molar-refractivity contribution in [2.45, 2.75) is 33.6 Å². The molecule has 0 saturated carbocycles. The van der Waals surface area contributed by atoms with Gasteiger partial charge in [0.1, 0.15) is 5.82 Å². The molecule has 0 unspecified atom stereocenters. The number of rotatable bonds is 5. The minimum atomic E-state index is 0.756. The van der Waals surface area contributed by atoms with E-state index >= 15 is 0 Å². The van der Waals surface area contributed by atoms with Crippen molar-refractivity contribution in [1.82, 2.24) is 15.0 Å². The van der Waals surface area contributed by atoms with Gasteiger partial charge >= 0.3 is 0 Å². The molecular formula is C15H19IN4. The second-order valence-corrected chi connectivity index (χ2v) is 5.71. The lowest BCUT2D eigenvalue weighted by Crippen LogP contribution is -2.09. The van der Waals surface area contributed by atoms with Gasteiger partial charge in [0.15, 0.2) is 5.82 Å². The Bertz CT molecular complexity index is 598. The number of hydrogen-bond acceptors (Lipinski definition) is 4. The number of halogens is 1. The fourth-order valence-corrected chi connectivity index (χ4v) is 2.72. The highest BCUT2D eigenvalue weighted by atomic mass is 127. The SMILES string of the molecule is CCCNc1nc(-c2cnccc2C)nc(CC)c1I. The van der Waals surface area contributed by atoms with Crippen molar-refractivity contribution < 1.29 is 0 Å². The number of anilines is 1. The number of pyridine rings is 1. The fraction of sp³-hybridized carbons (Fsp3) is 0.400. The molecule has 5 heteroatoms. The van der Waals surface area contributed by atoms with Crippen molar-refractivity contribution in [2.24, 2.45) is 0 Å². The number of aromatic nitrogens is 3. The van der Waals surface area contributed by atoms with E-state index in [1.54, 1.807) is 6.20 Å². The molecule has 0 amide bonds. The van der Waals surface area contributed by atoms with Gasteiger partial charge in [-0.05, 0) is 54.0 Å². The molecule has 0 aliphatic carbocycles. The Morgan fingerprint density at radius 1 is 1.25 bits per heavy atom. The minimum absolute atomic E-state index is 0.756. The summed E-state index contributed by atoms with van der Waals surface area (Å²) >= 11 is 2.32. The predicted molar refractivity (Wildman–Crippen MR) is 90.9 cm³/mol. The van der Waals surface area contributed by atoms with Crippen LogP contribution < -0.4 is 5.32 Å². The molecule has 0 aromatic carbocycles. The van der Waals surface area contributed by atoms with Gasteiger partial charge in [0.25, 0.3) is 0 Å². The fourth-order valence-electron chi connectivity index (χ4n) is 1.91. The van der Waals surface area contributed by atoms with Crippen molar-refractivity contribution in [3.8, 4) is 11.4 Å². The highest BCUT2D eigenvalue weighted by Gasteiger charge is 2.13. The topological polar surface area (TPSA) is 50.7 Å². The number of nitrogens with zero attached hydrogens (tertiary/aromatic N) is 3. The van der Waals surface area contributed by atoms with Gasteiger partial charge < -0.3 is 5.32 Å². The van der Waals surface area contributed by atoms with Gasteiger partial charge in [0.05, 0.1) is 9.26 Å². The summed E-state index contributed by atoms with van der Waals surface area (Å²) in [4.78, 5) is 13.6. The molecule has 2 rings (SSSR count). The van der Waals surface area contributed by atoms with E-state index < -0.39 is 0 Å². The predicted octanol–water partition coefficient (Wildman–Crippen LogP) is 3.84. The zero-order valence-electron chi connectivity index (χ0n) is 12.1. The van der Waals surface area contributed by atoms with E-state index in [2.05, 4.69) is 58.6 Å². The van der Waals surface area contributed by atoms with Crippen LogP contribution in [0.25, 0.3) is 11.4 Å². The minimum Gasteiger partial charge on any atom is -0.369 e. The molecule has 2 aromatic rings. The molecule has 0 aliphatic heterocycles. The van der Waals surface area contributed by atoms with Gasteiger partial charge in [0.2, 0.25) is 0 Å². The Hall–Kier alpha value is -1.24. The number of nitrogens with one attached hydrogen (secondary N) is 1. The maximum atomic E-state index is 4.69. The van der Waals surface area contributed by atoms with Crippen LogP contribution in [0, 0.1) is 10.5 Å². The zero-order valence-corrected chi connectivity index (χ0v) is 14.2. The average molecular weight is 382 g/mol. The molecule has 2 aromatic heterocycles. The lowest BCUT2D eigenvalue weighted by Gasteiger charge is -2.12. The first kappa shape index (κ1) is 15.2. The van der Waals surface area contributed by atoms with Crippen molar-refractivity contribution in [2.75, 3.05) is 11.9 Å². The van der Waals surface area contributed by atoms with E-state index in [1.165, 1.54) is 0 Å². The van der Waals surface area contributed by atoms with Crippen LogP contribution >= 0.6 is 22.6 Å². The second kappa shape index (κ2) is 6.97. The van der Waals surface area contributed by atoms with Crippen LogP contribution in [-0.4, -0.2) is 21.5 Å². The molecular weight excluding hydrogens is 363 g/mol. The molecule has 106 valence electrons. The summed E-state index contributed by atoms with van der Waals surface area (Å²) in [6.07, 6.45) is 5.60. The van der Waals surface area contributed by atoms with Crippen molar-refractivity contribution in [3.05, 3.63) is 33.3 Å². The lowest BCUT2D eigenvalue weighted by molar-refractivity contribution is 0.942. The first-order valence-corrected chi connectivity index (χ1v) is 7.96. The third-order valence-electron chi connectivity index (χ3n) is 3.08. The Morgan fingerprint density at radius 2 is 2.05 bits per heavy atom. The quantitative estimate of drug-likeness (QED) is 0.799. The number of aryl methyl sites for hydroxylation is 2. The molecule has 4 nitrogen and oxygen atoms in total. The molecule has 1 N–H and O–H groups in total. The van der Waals surface area contributed by atoms with Gasteiger partial charge in [-0.25, -0.2) is 9.97 Å². The molecule has 0 saturated heterocycles. The zero-order chi connectivity index (χ0) is 14.5. The highest BCUT2D eigenvalue weighted by molar-refractivity contribution is 14.1. The third-order valence-corrected chi connectivity index (χ3v) is 4.21. The van der Waals surface area contributed by atoms with Gasteiger partial charge in [-0.2, -0.15) is 0 Å². The van der Waals surface area contributed by atoms with Crippen LogP contribution in [0.4, 0.5) is 5.82 Å². The summed E-state index contributed by atoms with van der Waals surface area (Å²) in [5.41, 5.74) is 3.22. The maximum absolute atomic E-state index is 4.69. The molecule has 2 heterocycles. The molecule has 0 fully saturated rings. The maximum Gasteiger partial charge on any atom is 0.163 e. The van der Waals surface area contributed by atoms with E-state index in [9.17, 15) is 0 Å². The molecule has 0 radical (unpaired) electrons. The monoisotopic (exact) mass is 382 g/mol. The van der Waals surface area contributed by atoms with Gasteiger partial charge in [-0.15, -0.1) is 0 Å². The Morgan fingerprint density at radius 3 is 2.70 bits per heavy atom. The van der Waals surface area contributed by atoms with Crippen molar-refractivity contribution in [1.29, 1.82) is 0 Å². The van der Waals surface area contributed by atoms with Crippen molar-refractivity contribution in [3.63, 3.8) is 0 Å². The first-order valence-electron chi connectivity index (χ1n) is 6.88.